The van der Waals surface area contributed by atoms with Crippen LogP contribution in [0.5, 0.6) is 0 Å². The lowest BCUT2D eigenvalue weighted by molar-refractivity contribution is 0.00304. The SMILES string of the molecule is CCC(CO)(CO)CO.Cc1ccc(N=C=O)cc1N=C=O.Cc1ccc(N=C=O)cc1N=C=O.Cc1ccc(N=C=O)cc1N=C=O. The zero-order valence-electron chi connectivity index (χ0n) is 26.5. The van der Waals surface area contributed by atoms with E-state index in [2.05, 4.69) is 30.0 Å². The highest BCUT2D eigenvalue weighted by molar-refractivity contribution is 5.63. The molecule has 48 heavy (non-hydrogen) atoms. The van der Waals surface area contributed by atoms with Crippen molar-refractivity contribution in [2.45, 2.75) is 34.1 Å². The highest BCUT2D eigenvalue weighted by atomic mass is 16.3. The molecule has 0 aromatic heterocycles. The van der Waals surface area contributed by atoms with Crippen molar-refractivity contribution in [3.63, 3.8) is 0 Å². The predicted octanol–water partition coefficient (Wildman–Crippen LogP) is 5.15. The van der Waals surface area contributed by atoms with Crippen LogP contribution in [0.2, 0.25) is 0 Å². The highest BCUT2D eigenvalue weighted by Gasteiger charge is 2.24. The fraction of sp³-hybridized carbons (Fsp3) is 0.273. The van der Waals surface area contributed by atoms with Crippen LogP contribution in [0.3, 0.4) is 0 Å². The molecule has 0 saturated heterocycles. The fourth-order valence-electron chi connectivity index (χ4n) is 3.15. The number of hydrogen-bond acceptors (Lipinski definition) is 15. The van der Waals surface area contributed by atoms with Crippen molar-refractivity contribution < 1.29 is 44.1 Å². The Labute approximate surface area is 275 Å². The Morgan fingerprint density at radius 3 is 0.896 bits per heavy atom. The molecule has 248 valence electrons. The Bertz CT molecular complexity index is 1590. The molecule has 0 atom stereocenters. The molecule has 0 unspecified atom stereocenters. The summed E-state index contributed by atoms with van der Waals surface area (Å²) < 4.78 is 0. The molecule has 0 bridgehead atoms. The summed E-state index contributed by atoms with van der Waals surface area (Å²) >= 11 is 0. The molecular weight excluding hydrogens is 624 g/mol. The Balaban J connectivity index is 0.000000620. The number of nitrogens with zero attached hydrogens (tertiary/aromatic N) is 6. The zero-order valence-corrected chi connectivity index (χ0v) is 26.5. The quantitative estimate of drug-likeness (QED) is 0.193. The fourth-order valence-corrected chi connectivity index (χ4v) is 3.15. The minimum atomic E-state index is -0.667. The van der Waals surface area contributed by atoms with E-state index in [0.29, 0.717) is 40.5 Å². The van der Waals surface area contributed by atoms with Crippen LogP contribution in [0.15, 0.2) is 84.6 Å². The molecule has 15 heteroatoms. The zero-order chi connectivity index (χ0) is 36.4. The van der Waals surface area contributed by atoms with Gasteiger partial charge in [-0.1, -0.05) is 25.1 Å². The van der Waals surface area contributed by atoms with E-state index >= 15 is 0 Å². The third-order valence-electron chi connectivity index (χ3n) is 6.36. The van der Waals surface area contributed by atoms with Crippen molar-refractivity contribution in [3.05, 3.63) is 71.3 Å². The first kappa shape index (κ1) is 41.8. The van der Waals surface area contributed by atoms with Crippen LogP contribution >= 0.6 is 0 Å². The van der Waals surface area contributed by atoms with Crippen molar-refractivity contribution in [2.75, 3.05) is 19.8 Å². The Hall–Kier alpha value is -6.18. The van der Waals surface area contributed by atoms with Crippen LogP contribution in [-0.2, 0) is 28.8 Å². The number of carbonyl (C=O) groups excluding carboxylic acids is 6. The van der Waals surface area contributed by atoms with Gasteiger partial charge in [-0.25, -0.2) is 28.8 Å². The molecule has 0 heterocycles. The highest BCUT2D eigenvalue weighted by Crippen LogP contribution is 2.25. The van der Waals surface area contributed by atoms with E-state index in [1.54, 1.807) is 57.2 Å². The molecule has 0 spiro atoms. The maximum atomic E-state index is 10.00. The van der Waals surface area contributed by atoms with Crippen LogP contribution < -0.4 is 0 Å². The monoisotopic (exact) mass is 656 g/mol. The topological polar surface area (TPSA) is 237 Å². The second-order valence-electron chi connectivity index (χ2n) is 9.46. The van der Waals surface area contributed by atoms with E-state index in [1.165, 1.54) is 54.7 Å². The van der Waals surface area contributed by atoms with Crippen molar-refractivity contribution in [1.29, 1.82) is 0 Å². The number of benzene rings is 3. The van der Waals surface area contributed by atoms with Gasteiger partial charge in [0.25, 0.3) is 0 Å². The molecule has 0 radical (unpaired) electrons. The van der Waals surface area contributed by atoms with Crippen LogP contribution in [0.25, 0.3) is 0 Å². The lowest BCUT2D eigenvalue weighted by Crippen LogP contribution is -2.32. The van der Waals surface area contributed by atoms with E-state index in [1.807, 2.05) is 6.92 Å². The lowest BCUT2D eigenvalue weighted by atomic mass is 9.88. The van der Waals surface area contributed by atoms with Gasteiger partial charge < -0.3 is 15.3 Å². The molecule has 0 fully saturated rings. The third kappa shape index (κ3) is 15.2. The Morgan fingerprint density at radius 1 is 0.479 bits per heavy atom. The van der Waals surface area contributed by atoms with Crippen molar-refractivity contribution in [1.82, 2.24) is 0 Å². The smallest absolute Gasteiger partial charge is 0.240 e. The molecule has 0 aliphatic heterocycles. The summed E-state index contributed by atoms with van der Waals surface area (Å²) in [6, 6.07) is 14.6. The molecule has 3 aromatic rings. The molecule has 3 aromatic carbocycles. The largest absolute Gasteiger partial charge is 0.396 e. The number of aliphatic hydroxyl groups excluding tert-OH is 3. The molecule has 0 saturated carbocycles. The van der Waals surface area contributed by atoms with Gasteiger partial charge >= 0.3 is 0 Å². The maximum Gasteiger partial charge on any atom is 0.240 e. The van der Waals surface area contributed by atoms with E-state index in [-0.39, 0.29) is 19.8 Å². The van der Waals surface area contributed by atoms with Gasteiger partial charge in [-0.3, -0.25) is 0 Å². The minimum absolute atomic E-state index is 0.156. The van der Waals surface area contributed by atoms with Gasteiger partial charge in [0.2, 0.25) is 36.5 Å². The Morgan fingerprint density at radius 2 is 0.729 bits per heavy atom. The first-order valence-electron chi connectivity index (χ1n) is 13.7. The van der Waals surface area contributed by atoms with Gasteiger partial charge in [0.15, 0.2) is 0 Å². The van der Waals surface area contributed by atoms with Gasteiger partial charge in [-0.2, -0.15) is 30.0 Å². The van der Waals surface area contributed by atoms with Gasteiger partial charge in [-0.05, 0) is 80.3 Å². The summed E-state index contributed by atoms with van der Waals surface area (Å²) in [7, 11) is 0. The van der Waals surface area contributed by atoms with Gasteiger partial charge in [0.1, 0.15) is 0 Å². The maximum absolute atomic E-state index is 10.00. The number of aliphatic hydroxyl groups is 3. The predicted molar refractivity (Wildman–Crippen MR) is 174 cm³/mol. The minimum Gasteiger partial charge on any atom is -0.396 e. The normalized spacial score (nSPS) is 9.06. The van der Waals surface area contributed by atoms with Crippen molar-refractivity contribution >= 4 is 70.6 Å². The van der Waals surface area contributed by atoms with Crippen LogP contribution in [-0.4, -0.2) is 71.6 Å². The van der Waals surface area contributed by atoms with Gasteiger partial charge in [-0.15, -0.1) is 0 Å². The number of aryl methyl sites for hydroxylation is 3. The second kappa shape index (κ2) is 24.1. The van der Waals surface area contributed by atoms with Gasteiger partial charge in [0.05, 0.1) is 53.9 Å². The van der Waals surface area contributed by atoms with Gasteiger partial charge in [0, 0.05) is 5.41 Å². The molecular formula is C33H32N6O9. The molecule has 0 aliphatic carbocycles. The van der Waals surface area contributed by atoms with E-state index in [9.17, 15) is 28.8 Å². The summed E-state index contributed by atoms with van der Waals surface area (Å²) in [6.07, 6.45) is 9.10. The number of rotatable bonds is 10. The Kier molecular flexibility index (Phi) is 21.0. The molecule has 15 nitrogen and oxygen atoms in total. The van der Waals surface area contributed by atoms with E-state index < -0.39 is 5.41 Å². The summed E-state index contributed by atoms with van der Waals surface area (Å²) in [4.78, 5) is 80.3. The van der Waals surface area contributed by atoms with Crippen molar-refractivity contribution in [2.24, 2.45) is 35.4 Å². The van der Waals surface area contributed by atoms with Crippen LogP contribution in [0.1, 0.15) is 30.0 Å². The van der Waals surface area contributed by atoms with E-state index in [0.717, 1.165) is 16.7 Å². The number of isocyanates is 6. The summed E-state index contributed by atoms with van der Waals surface area (Å²) in [6.45, 7) is 6.74. The molecule has 0 aliphatic rings. The van der Waals surface area contributed by atoms with Crippen molar-refractivity contribution in [3.8, 4) is 0 Å². The molecule has 3 rings (SSSR count). The summed E-state index contributed by atoms with van der Waals surface area (Å²) in [5, 5.41) is 26.0. The summed E-state index contributed by atoms with van der Waals surface area (Å²) in [5.74, 6) is 0. The van der Waals surface area contributed by atoms with Crippen LogP contribution in [0, 0.1) is 26.2 Å². The van der Waals surface area contributed by atoms with E-state index in [4.69, 9.17) is 15.3 Å². The molecule has 3 N–H and O–H groups in total. The standard InChI is InChI=1S/3C9H6N2O2.C6H14O3/c3*1-7-2-3-8(10-5-12)4-9(7)11-6-13;1-2-6(3-7,4-8)5-9/h3*2-4H,1H3;7-9H,2-5H2,1H3. The first-order chi connectivity index (χ1) is 23.1. The van der Waals surface area contributed by atoms with Crippen LogP contribution in [0.4, 0.5) is 34.1 Å². The first-order valence-corrected chi connectivity index (χ1v) is 13.7. The second-order valence-corrected chi connectivity index (χ2v) is 9.46. The molecule has 0 amide bonds. The lowest BCUT2D eigenvalue weighted by Gasteiger charge is -2.24. The number of hydrogen-bond donors (Lipinski definition) is 3. The summed E-state index contributed by atoms with van der Waals surface area (Å²) in [5.41, 5.74) is 4.48. The average molecular weight is 657 g/mol. The average Bonchev–Trinajstić information content (AvgIpc) is 3.09. The number of aliphatic imine (C=N–C) groups is 6. The third-order valence-corrected chi connectivity index (χ3v) is 6.36.